The number of rotatable bonds is 4. The van der Waals surface area contributed by atoms with Crippen molar-refractivity contribution in [3.05, 3.63) is 36.7 Å². The Bertz CT molecular complexity index is 691. The summed E-state index contributed by atoms with van der Waals surface area (Å²) in [5.74, 6) is -1.03. The molecule has 1 aromatic carbocycles. The van der Waals surface area contributed by atoms with Gasteiger partial charge in [0, 0.05) is 11.7 Å². The van der Waals surface area contributed by atoms with E-state index >= 15 is 0 Å². The molecule has 2 amide bonds. The normalized spacial score (nSPS) is 20.3. The van der Waals surface area contributed by atoms with Crippen LogP contribution >= 0.6 is 0 Å². The van der Waals surface area contributed by atoms with Crippen LogP contribution in [0.15, 0.2) is 36.7 Å². The lowest BCUT2D eigenvalue weighted by atomic mass is 9.86. The lowest BCUT2D eigenvalue weighted by Gasteiger charge is -2.26. The average molecular weight is 329 g/mol. The van der Waals surface area contributed by atoms with Crippen molar-refractivity contribution in [1.29, 1.82) is 0 Å². The maximum Gasteiger partial charge on any atom is 0.319 e. The molecule has 2 aromatic rings. The Labute approximate surface area is 138 Å². The van der Waals surface area contributed by atoms with Crippen molar-refractivity contribution in [2.24, 2.45) is 5.92 Å². The van der Waals surface area contributed by atoms with Gasteiger partial charge in [0.1, 0.15) is 0 Å². The predicted octanol–water partition coefficient (Wildman–Crippen LogP) is 2.03. The number of aliphatic carboxylic acids is 1. The minimum absolute atomic E-state index is 0.0214. The zero-order valence-electron chi connectivity index (χ0n) is 13.1. The van der Waals surface area contributed by atoms with Gasteiger partial charge < -0.3 is 15.7 Å². The molecule has 0 spiro atoms. The summed E-state index contributed by atoms with van der Waals surface area (Å²) in [6, 6.07) is 6.92. The maximum absolute atomic E-state index is 12.0. The zero-order chi connectivity index (χ0) is 16.9. The van der Waals surface area contributed by atoms with Crippen molar-refractivity contribution in [2.45, 2.75) is 31.7 Å². The van der Waals surface area contributed by atoms with Crippen LogP contribution in [0.1, 0.15) is 25.7 Å². The van der Waals surface area contributed by atoms with Crippen LogP contribution in [0.5, 0.6) is 0 Å². The molecule has 8 heteroatoms. The molecule has 0 unspecified atom stereocenters. The molecule has 0 aliphatic heterocycles. The second-order valence-corrected chi connectivity index (χ2v) is 5.85. The number of hydrogen-bond acceptors (Lipinski definition) is 4. The number of urea groups is 1. The van der Waals surface area contributed by atoms with Gasteiger partial charge in [0.2, 0.25) is 0 Å². The number of nitrogens with one attached hydrogen (secondary N) is 2. The molecular weight excluding hydrogens is 310 g/mol. The molecule has 3 rings (SSSR count). The van der Waals surface area contributed by atoms with Crippen LogP contribution in [0.3, 0.4) is 0 Å². The molecule has 3 N–H and O–H groups in total. The number of carbonyl (C=O) groups excluding carboxylic acids is 1. The Balaban J connectivity index is 1.49. The van der Waals surface area contributed by atoms with Crippen molar-refractivity contribution >= 4 is 17.7 Å². The molecule has 8 nitrogen and oxygen atoms in total. The highest BCUT2D eigenvalue weighted by Crippen LogP contribution is 2.24. The van der Waals surface area contributed by atoms with Gasteiger partial charge in [0.05, 0.1) is 24.0 Å². The average Bonchev–Trinajstić information content (AvgIpc) is 3.10. The third-order valence-corrected chi connectivity index (χ3v) is 4.19. The second-order valence-electron chi connectivity index (χ2n) is 5.85. The molecular formula is C16H19N5O3. The highest BCUT2D eigenvalue weighted by Gasteiger charge is 2.26. The number of anilines is 1. The van der Waals surface area contributed by atoms with E-state index in [1.165, 1.54) is 4.80 Å². The molecule has 24 heavy (non-hydrogen) atoms. The molecule has 0 radical (unpaired) electrons. The highest BCUT2D eigenvalue weighted by molar-refractivity contribution is 5.89. The van der Waals surface area contributed by atoms with E-state index in [4.69, 9.17) is 5.11 Å². The SMILES string of the molecule is O=C(Nc1ccc(-n2nccn2)cc1)NC1CCC(C(=O)O)CC1. The van der Waals surface area contributed by atoms with Crippen molar-refractivity contribution < 1.29 is 14.7 Å². The summed E-state index contributed by atoms with van der Waals surface area (Å²) in [5.41, 5.74) is 1.47. The molecule has 0 bridgehead atoms. The van der Waals surface area contributed by atoms with Crippen LogP contribution in [0.25, 0.3) is 5.69 Å². The largest absolute Gasteiger partial charge is 0.481 e. The van der Waals surface area contributed by atoms with E-state index in [1.54, 1.807) is 24.5 Å². The summed E-state index contributed by atoms with van der Waals surface area (Å²) >= 11 is 0. The summed E-state index contributed by atoms with van der Waals surface area (Å²) in [6.45, 7) is 0. The van der Waals surface area contributed by atoms with Gasteiger partial charge in [-0.05, 0) is 49.9 Å². The first kappa shape index (κ1) is 16.0. The van der Waals surface area contributed by atoms with Crippen LogP contribution in [0.2, 0.25) is 0 Å². The molecule has 1 aliphatic carbocycles. The molecule has 126 valence electrons. The molecule has 0 atom stereocenters. The lowest BCUT2D eigenvalue weighted by Crippen LogP contribution is -2.40. The number of aromatic nitrogens is 3. The summed E-state index contributed by atoms with van der Waals surface area (Å²) in [7, 11) is 0. The Morgan fingerprint density at radius 3 is 2.25 bits per heavy atom. The van der Waals surface area contributed by atoms with Gasteiger partial charge in [-0.2, -0.15) is 15.0 Å². The number of carboxylic acids is 1. The Morgan fingerprint density at radius 2 is 1.67 bits per heavy atom. The van der Waals surface area contributed by atoms with Gasteiger partial charge in [-0.1, -0.05) is 0 Å². The molecule has 1 saturated carbocycles. The van der Waals surface area contributed by atoms with Crippen LogP contribution in [0.4, 0.5) is 10.5 Å². The minimum Gasteiger partial charge on any atom is -0.481 e. The lowest BCUT2D eigenvalue weighted by molar-refractivity contribution is -0.142. The Kier molecular flexibility index (Phi) is 4.74. The molecule has 1 aliphatic rings. The van der Waals surface area contributed by atoms with Crippen LogP contribution in [-0.2, 0) is 4.79 Å². The third-order valence-electron chi connectivity index (χ3n) is 4.19. The minimum atomic E-state index is -0.746. The van der Waals surface area contributed by atoms with Gasteiger partial charge in [0.25, 0.3) is 0 Å². The van der Waals surface area contributed by atoms with Gasteiger partial charge in [-0.15, -0.1) is 0 Å². The van der Waals surface area contributed by atoms with E-state index in [0.29, 0.717) is 31.4 Å². The monoisotopic (exact) mass is 329 g/mol. The zero-order valence-corrected chi connectivity index (χ0v) is 13.1. The van der Waals surface area contributed by atoms with E-state index in [1.807, 2.05) is 12.1 Å². The van der Waals surface area contributed by atoms with Crippen LogP contribution < -0.4 is 10.6 Å². The van der Waals surface area contributed by atoms with Gasteiger partial charge >= 0.3 is 12.0 Å². The second kappa shape index (κ2) is 7.12. The Morgan fingerprint density at radius 1 is 1.04 bits per heavy atom. The predicted molar refractivity (Wildman–Crippen MR) is 86.9 cm³/mol. The highest BCUT2D eigenvalue weighted by atomic mass is 16.4. The summed E-state index contributed by atoms with van der Waals surface area (Å²) < 4.78 is 0. The van der Waals surface area contributed by atoms with Gasteiger partial charge in [-0.25, -0.2) is 4.79 Å². The van der Waals surface area contributed by atoms with Crippen molar-refractivity contribution in [3.8, 4) is 5.69 Å². The summed E-state index contributed by atoms with van der Waals surface area (Å²) in [4.78, 5) is 24.5. The fourth-order valence-corrected chi connectivity index (χ4v) is 2.86. The Hall–Kier alpha value is -2.90. The van der Waals surface area contributed by atoms with Crippen molar-refractivity contribution in [3.63, 3.8) is 0 Å². The number of carbonyl (C=O) groups is 2. The quantitative estimate of drug-likeness (QED) is 0.795. The van der Waals surface area contributed by atoms with Crippen molar-refractivity contribution in [2.75, 3.05) is 5.32 Å². The molecule has 0 saturated heterocycles. The molecule has 1 heterocycles. The van der Waals surface area contributed by atoms with E-state index in [2.05, 4.69) is 20.8 Å². The molecule has 1 aromatic heterocycles. The summed E-state index contributed by atoms with van der Waals surface area (Å²) in [6.07, 6.45) is 5.78. The van der Waals surface area contributed by atoms with Gasteiger partial charge in [0.15, 0.2) is 0 Å². The number of benzene rings is 1. The van der Waals surface area contributed by atoms with E-state index in [0.717, 1.165) is 5.69 Å². The first-order valence-corrected chi connectivity index (χ1v) is 7.89. The maximum atomic E-state index is 12.0. The van der Waals surface area contributed by atoms with Crippen LogP contribution in [0, 0.1) is 5.92 Å². The number of nitrogens with zero attached hydrogens (tertiary/aromatic N) is 3. The standard InChI is InChI=1S/C16H19N5O3/c22-15(23)11-1-3-12(4-2-11)19-16(24)20-13-5-7-14(8-6-13)21-17-9-10-18-21/h5-12H,1-4H2,(H,22,23)(H2,19,20,24). The van der Waals surface area contributed by atoms with Crippen LogP contribution in [-0.4, -0.2) is 38.1 Å². The number of amides is 2. The summed E-state index contributed by atoms with van der Waals surface area (Å²) in [5, 5.41) is 22.7. The first-order chi connectivity index (χ1) is 11.6. The van der Waals surface area contributed by atoms with Crippen molar-refractivity contribution in [1.82, 2.24) is 20.3 Å². The van der Waals surface area contributed by atoms with E-state index in [9.17, 15) is 9.59 Å². The first-order valence-electron chi connectivity index (χ1n) is 7.89. The fraction of sp³-hybridized carbons (Fsp3) is 0.375. The third kappa shape index (κ3) is 3.89. The fourth-order valence-electron chi connectivity index (χ4n) is 2.86. The number of carboxylic acid groups (broad SMARTS) is 1. The van der Waals surface area contributed by atoms with Gasteiger partial charge in [-0.3, -0.25) is 4.79 Å². The smallest absolute Gasteiger partial charge is 0.319 e. The topological polar surface area (TPSA) is 109 Å². The number of hydrogen-bond donors (Lipinski definition) is 3. The van der Waals surface area contributed by atoms with E-state index < -0.39 is 5.97 Å². The molecule has 1 fully saturated rings. The van der Waals surface area contributed by atoms with E-state index in [-0.39, 0.29) is 18.0 Å².